The quantitative estimate of drug-likeness (QED) is 0.746. The fraction of sp³-hybridized carbons (Fsp3) is 0.182. The summed E-state index contributed by atoms with van der Waals surface area (Å²) in [6.07, 6.45) is -0.136. The van der Waals surface area contributed by atoms with Gasteiger partial charge in [0.15, 0.2) is 11.7 Å². The lowest BCUT2D eigenvalue weighted by Crippen LogP contribution is -2.13. The molecule has 1 N–H and O–H groups in total. The Balaban J connectivity index is 2.48. The zero-order chi connectivity index (χ0) is 11.7. The molecular formula is C11H9NO4. The number of fused-ring (bicyclic) bond motifs is 1. The van der Waals surface area contributed by atoms with Crippen LogP contribution in [0.5, 0.6) is 5.75 Å². The number of nitrogens with zero attached hydrogens (tertiary/aromatic N) is 1. The largest absolute Gasteiger partial charge is 0.481 e. The molecule has 0 saturated carbocycles. The monoisotopic (exact) mass is 219 g/mol. The molecule has 0 radical (unpaired) electrons. The van der Waals surface area contributed by atoms with E-state index < -0.39 is 5.97 Å². The summed E-state index contributed by atoms with van der Waals surface area (Å²) in [7, 11) is 1.66. The molecule has 16 heavy (non-hydrogen) atoms. The van der Waals surface area contributed by atoms with Gasteiger partial charge in [-0.25, -0.2) is 4.79 Å². The highest BCUT2D eigenvalue weighted by molar-refractivity contribution is 5.78. The summed E-state index contributed by atoms with van der Waals surface area (Å²) < 4.78 is 5.26. The van der Waals surface area contributed by atoms with E-state index in [1.165, 1.54) is 4.90 Å². The molecule has 0 saturated heterocycles. The van der Waals surface area contributed by atoms with Crippen molar-refractivity contribution in [2.75, 3.05) is 11.9 Å². The molecule has 0 unspecified atom stereocenters. The summed E-state index contributed by atoms with van der Waals surface area (Å²) in [4.78, 5) is 22.8. The number of ether oxygens (including phenoxy) is 1. The first-order chi connectivity index (χ1) is 7.63. The summed E-state index contributed by atoms with van der Waals surface area (Å²) in [5.41, 5.74) is 1.22. The lowest BCUT2D eigenvalue weighted by molar-refractivity contribution is -0.136. The molecule has 1 aromatic rings. The van der Waals surface area contributed by atoms with Gasteiger partial charge in [0, 0.05) is 12.6 Å². The molecule has 1 aliphatic heterocycles. The molecule has 82 valence electrons. The molecule has 0 fully saturated rings. The van der Waals surface area contributed by atoms with E-state index >= 15 is 0 Å². The van der Waals surface area contributed by atoms with Gasteiger partial charge < -0.3 is 14.7 Å². The summed E-state index contributed by atoms with van der Waals surface area (Å²) in [6.45, 7) is 0. The number of aliphatic carboxylic acids is 1. The second-order valence-corrected chi connectivity index (χ2v) is 3.40. The number of anilines is 1. The zero-order valence-corrected chi connectivity index (χ0v) is 8.56. The highest BCUT2D eigenvalue weighted by Gasteiger charge is 2.26. The number of carboxylic acid groups (broad SMARTS) is 1. The van der Waals surface area contributed by atoms with Crippen molar-refractivity contribution in [3.05, 3.63) is 29.6 Å². The molecule has 5 heteroatoms. The zero-order valence-electron chi connectivity index (χ0n) is 8.56. The lowest BCUT2D eigenvalue weighted by atomic mass is 10.1. The van der Waals surface area contributed by atoms with Gasteiger partial charge in [0.2, 0.25) is 0 Å². The van der Waals surface area contributed by atoms with Crippen LogP contribution in [0.1, 0.15) is 5.56 Å². The number of carboxylic acids is 1. The average Bonchev–Trinajstić information content (AvgIpc) is 2.56. The number of carbonyl (C=O) groups is 1. The van der Waals surface area contributed by atoms with E-state index in [-0.39, 0.29) is 12.3 Å². The first kappa shape index (κ1) is 10.3. The lowest BCUT2D eigenvalue weighted by Gasteiger charge is -2.07. The summed E-state index contributed by atoms with van der Waals surface area (Å²) in [6, 6.07) is 5.14. The predicted octanol–water partition coefficient (Wildman–Crippen LogP) is 0.815. The van der Waals surface area contributed by atoms with Gasteiger partial charge in [0.25, 0.3) is 5.88 Å². The van der Waals surface area contributed by atoms with E-state index in [2.05, 4.69) is 0 Å². The molecule has 1 aliphatic rings. The molecule has 0 atom stereocenters. The molecule has 0 aromatic heterocycles. The van der Waals surface area contributed by atoms with E-state index in [4.69, 9.17) is 9.84 Å². The van der Waals surface area contributed by atoms with Crippen molar-refractivity contribution in [3.63, 3.8) is 0 Å². The average molecular weight is 219 g/mol. The first-order valence-electron chi connectivity index (χ1n) is 4.64. The van der Waals surface area contributed by atoms with Crippen LogP contribution in [0.15, 0.2) is 24.1 Å². The molecule has 1 aromatic carbocycles. The Kier molecular flexibility index (Phi) is 2.38. The number of hydrogen-bond acceptors (Lipinski definition) is 4. The highest BCUT2D eigenvalue weighted by Crippen LogP contribution is 2.39. The highest BCUT2D eigenvalue weighted by atomic mass is 16.5. The third-order valence-corrected chi connectivity index (χ3v) is 2.37. The predicted molar refractivity (Wildman–Crippen MR) is 56.0 cm³/mol. The Labute approximate surface area is 91.6 Å². The Hall–Kier alpha value is -2.26. The Morgan fingerprint density at radius 2 is 2.31 bits per heavy atom. The van der Waals surface area contributed by atoms with E-state index in [0.29, 0.717) is 17.0 Å². The van der Waals surface area contributed by atoms with E-state index in [1.807, 2.05) is 0 Å². The van der Waals surface area contributed by atoms with Crippen LogP contribution in [0.3, 0.4) is 0 Å². The molecule has 0 spiro atoms. The van der Waals surface area contributed by atoms with Crippen molar-refractivity contribution < 1.29 is 19.4 Å². The van der Waals surface area contributed by atoms with Crippen LogP contribution in [0.4, 0.5) is 5.69 Å². The maximum atomic E-state index is 10.6. The standard InChI is InChI=1S/C11H9NO4/c1-12-8-4-2-3-7(5-10(14)15)11(8)16-9(12)6-13/h2-4H,5H2,1H3,(H,14,15). The SMILES string of the molecule is CN1C(=C=O)Oc2c(CC(=O)O)cccc21. The van der Waals surface area contributed by atoms with Crippen molar-refractivity contribution in [2.45, 2.75) is 6.42 Å². The van der Waals surface area contributed by atoms with Gasteiger partial charge in [-0.1, -0.05) is 12.1 Å². The van der Waals surface area contributed by atoms with Gasteiger partial charge in [-0.05, 0) is 6.07 Å². The first-order valence-corrected chi connectivity index (χ1v) is 4.64. The van der Waals surface area contributed by atoms with E-state index in [9.17, 15) is 9.59 Å². The van der Waals surface area contributed by atoms with Crippen molar-refractivity contribution >= 4 is 17.6 Å². The van der Waals surface area contributed by atoms with Gasteiger partial charge in [-0.3, -0.25) is 4.79 Å². The van der Waals surface area contributed by atoms with Crippen LogP contribution in [-0.4, -0.2) is 24.1 Å². The molecule has 0 bridgehead atoms. The molecule has 0 amide bonds. The molecule has 2 rings (SSSR count). The minimum atomic E-state index is -0.941. The van der Waals surface area contributed by atoms with Crippen molar-refractivity contribution in [2.24, 2.45) is 0 Å². The molecular weight excluding hydrogens is 210 g/mol. The normalized spacial score (nSPS) is 13.1. The second kappa shape index (κ2) is 3.72. The second-order valence-electron chi connectivity index (χ2n) is 3.40. The fourth-order valence-electron chi connectivity index (χ4n) is 1.62. The molecule has 5 nitrogen and oxygen atoms in total. The van der Waals surface area contributed by atoms with Crippen molar-refractivity contribution in [1.82, 2.24) is 0 Å². The molecule has 1 heterocycles. The van der Waals surface area contributed by atoms with Crippen LogP contribution in [0.25, 0.3) is 0 Å². The van der Waals surface area contributed by atoms with Gasteiger partial charge >= 0.3 is 5.97 Å². The number of carbonyl (C=O) groups excluding carboxylic acids is 1. The molecule has 0 aliphatic carbocycles. The van der Waals surface area contributed by atoms with Crippen LogP contribution in [0.2, 0.25) is 0 Å². The third-order valence-electron chi connectivity index (χ3n) is 2.37. The number of benzene rings is 1. The maximum Gasteiger partial charge on any atom is 0.307 e. The van der Waals surface area contributed by atoms with Gasteiger partial charge in [-0.2, -0.15) is 0 Å². The number of hydrogen-bond donors (Lipinski definition) is 1. The maximum absolute atomic E-state index is 10.6. The fourth-order valence-corrected chi connectivity index (χ4v) is 1.62. The van der Waals surface area contributed by atoms with Gasteiger partial charge in [-0.15, -0.1) is 0 Å². The van der Waals surface area contributed by atoms with Gasteiger partial charge in [0.1, 0.15) is 0 Å². The van der Waals surface area contributed by atoms with E-state index in [0.717, 1.165) is 0 Å². The summed E-state index contributed by atoms with van der Waals surface area (Å²) in [5.74, 6) is 1.19. The van der Waals surface area contributed by atoms with Crippen LogP contribution in [-0.2, 0) is 16.0 Å². The summed E-state index contributed by atoms with van der Waals surface area (Å²) in [5, 5.41) is 8.73. The minimum absolute atomic E-state index is 0.0489. The van der Waals surface area contributed by atoms with E-state index in [1.54, 1.807) is 31.2 Å². The Bertz CT molecular complexity index is 503. The van der Waals surface area contributed by atoms with Crippen molar-refractivity contribution in [3.8, 4) is 5.75 Å². The summed E-state index contributed by atoms with van der Waals surface area (Å²) >= 11 is 0. The minimum Gasteiger partial charge on any atom is -0.481 e. The van der Waals surface area contributed by atoms with Crippen LogP contribution in [0, 0.1) is 0 Å². The van der Waals surface area contributed by atoms with Crippen molar-refractivity contribution in [1.29, 1.82) is 0 Å². The van der Waals surface area contributed by atoms with Crippen LogP contribution >= 0.6 is 0 Å². The smallest absolute Gasteiger partial charge is 0.307 e. The van der Waals surface area contributed by atoms with Gasteiger partial charge in [0.05, 0.1) is 12.1 Å². The third kappa shape index (κ3) is 1.53. The van der Waals surface area contributed by atoms with Crippen LogP contribution < -0.4 is 9.64 Å². The number of rotatable bonds is 2. The Morgan fingerprint density at radius 3 is 2.94 bits per heavy atom. The topological polar surface area (TPSA) is 66.8 Å². The Morgan fingerprint density at radius 1 is 1.56 bits per heavy atom. The number of para-hydroxylation sites is 1.